The van der Waals surface area contributed by atoms with Gasteiger partial charge in [-0.1, -0.05) is 41.5 Å². The van der Waals surface area contributed by atoms with E-state index in [9.17, 15) is 4.79 Å². The van der Waals surface area contributed by atoms with E-state index in [0.29, 0.717) is 17.4 Å². The van der Waals surface area contributed by atoms with Crippen LogP contribution in [0.15, 0.2) is 0 Å². The number of carbonyl (C=O) groups excluding carboxylic acids is 1. The van der Waals surface area contributed by atoms with Crippen molar-refractivity contribution in [1.29, 1.82) is 0 Å². The van der Waals surface area contributed by atoms with Gasteiger partial charge in [-0.15, -0.1) is 0 Å². The van der Waals surface area contributed by atoms with Gasteiger partial charge in [0.2, 0.25) is 6.41 Å². The zero-order valence-electron chi connectivity index (χ0n) is 13.5. The van der Waals surface area contributed by atoms with Crippen molar-refractivity contribution in [2.45, 2.75) is 60.4 Å². The molecule has 0 aromatic rings. The molecule has 1 aliphatic rings. The largest absolute Gasteiger partial charge is 0.388 e. The van der Waals surface area contributed by atoms with Gasteiger partial charge in [0, 0.05) is 20.3 Å². The quantitative estimate of drug-likeness (QED) is 0.788. The molecule has 3 unspecified atom stereocenters. The SMILES string of the molecule is CC.CC1CC(NC=O)C(C)(C(C)C)C1.COC. The van der Waals surface area contributed by atoms with Gasteiger partial charge in [-0.05, 0) is 30.1 Å². The Labute approximate surface area is 114 Å². The molecule has 3 heteroatoms. The van der Waals surface area contributed by atoms with Crippen LogP contribution in [0.3, 0.4) is 0 Å². The number of nitrogens with one attached hydrogen (secondary N) is 1. The van der Waals surface area contributed by atoms with Crippen molar-refractivity contribution in [2.75, 3.05) is 14.2 Å². The third-order valence-corrected chi connectivity index (χ3v) is 3.81. The Morgan fingerprint density at radius 2 is 1.78 bits per heavy atom. The number of methoxy groups -OCH3 is 1. The smallest absolute Gasteiger partial charge is 0.207 e. The summed E-state index contributed by atoms with van der Waals surface area (Å²) in [7, 11) is 3.25. The van der Waals surface area contributed by atoms with Gasteiger partial charge >= 0.3 is 0 Å². The zero-order valence-corrected chi connectivity index (χ0v) is 13.5. The molecule has 3 atom stereocenters. The molecule has 0 aliphatic heterocycles. The Morgan fingerprint density at radius 1 is 1.33 bits per heavy atom. The summed E-state index contributed by atoms with van der Waals surface area (Å²) in [5.74, 6) is 1.37. The number of amides is 1. The average Bonchev–Trinajstić information content (AvgIpc) is 2.60. The second-order valence-electron chi connectivity index (χ2n) is 5.45. The molecular weight excluding hydrogens is 226 g/mol. The van der Waals surface area contributed by atoms with Crippen molar-refractivity contribution in [1.82, 2.24) is 5.32 Å². The Balaban J connectivity index is 0. The van der Waals surface area contributed by atoms with Crippen LogP contribution >= 0.6 is 0 Å². The molecular formula is C15H33NO2. The van der Waals surface area contributed by atoms with E-state index in [1.54, 1.807) is 14.2 Å². The van der Waals surface area contributed by atoms with E-state index >= 15 is 0 Å². The molecule has 0 bridgehead atoms. The molecule has 0 radical (unpaired) electrons. The van der Waals surface area contributed by atoms with Gasteiger partial charge < -0.3 is 10.1 Å². The summed E-state index contributed by atoms with van der Waals surface area (Å²) in [6.45, 7) is 13.1. The first kappa shape index (κ1) is 19.8. The first-order chi connectivity index (χ1) is 8.42. The lowest BCUT2D eigenvalue weighted by atomic mass is 9.74. The van der Waals surface area contributed by atoms with Crippen LogP contribution in [0.5, 0.6) is 0 Å². The van der Waals surface area contributed by atoms with Gasteiger partial charge in [0.25, 0.3) is 0 Å². The summed E-state index contributed by atoms with van der Waals surface area (Å²) in [6.07, 6.45) is 3.22. The van der Waals surface area contributed by atoms with Gasteiger partial charge in [0.05, 0.1) is 0 Å². The monoisotopic (exact) mass is 259 g/mol. The molecule has 1 rings (SSSR count). The number of hydrogen-bond donors (Lipinski definition) is 1. The topological polar surface area (TPSA) is 38.3 Å². The van der Waals surface area contributed by atoms with Crippen molar-refractivity contribution in [3.8, 4) is 0 Å². The number of hydrogen-bond acceptors (Lipinski definition) is 2. The third-order valence-electron chi connectivity index (χ3n) is 3.81. The van der Waals surface area contributed by atoms with E-state index in [0.717, 1.165) is 18.7 Å². The zero-order chi connectivity index (χ0) is 14.8. The van der Waals surface area contributed by atoms with Gasteiger partial charge in [-0.25, -0.2) is 0 Å². The summed E-state index contributed by atoms with van der Waals surface area (Å²) < 4.78 is 4.25. The lowest BCUT2D eigenvalue weighted by Gasteiger charge is -2.35. The fourth-order valence-corrected chi connectivity index (χ4v) is 2.63. The van der Waals surface area contributed by atoms with Crippen LogP contribution in [0.2, 0.25) is 0 Å². The van der Waals surface area contributed by atoms with Crippen molar-refractivity contribution < 1.29 is 9.53 Å². The molecule has 0 aromatic carbocycles. The van der Waals surface area contributed by atoms with Crippen molar-refractivity contribution in [3.63, 3.8) is 0 Å². The van der Waals surface area contributed by atoms with Crippen LogP contribution in [-0.2, 0) is 9.53 Å². The van der Waals surface area contributed by atoms with Gasteiger partial charge in [0.15, 0.2) is 0 Å². The minimum absolute atomic E-state index is 0.292. The summed E-state index contributed by atoms with van der Waals surface area (Å²) in [6, 6.07) is 0.375. The Hall–Kier alpha value is -0.570. The predicted molar refractivity (Wildman–Crippen MR) is 78.6 cm³/mol. The fraction of sp³-hybridized carbons (Fsp3) is 0.933. The maximum absolute atomic E-state index is 10.5. The van der Waals surface area contributed by atoms with Crippen LogP contribution in [0, 0.1) is 17.3 Å². The lowest BCUT2D eigenvalue weighted by Crippen LogP contribution is -2.42. The molecule has 18 heavy (non-hydrogen) atoms. The highest BCUT2D eigenvalue weighted by Gasteiger charge is 2.43. The molecule has 3 nitrogen and oxygen atoms in total. The number of ether oxygens (including phenoxy) is 1. The van der Waals surface area contributed by atoms with Gasteiger partial charge in [-0.3, -0.25) is 4.79 Å². The fourth-order valence-electron chi connectivity index (χ4n) is 2.63. The molecule has 1 N–H and O–H groups in total. The van der Waals surface area contributed by atoms with Crippen molar-refractivity contribution in [2.24, 2.45) is 17.3 Å². The predicted octanol–water partition coefficient (Wildman–Crippen LogP) is 3.48. The highest BCUT2D eigenvalue weighted by molar-refractivity contribution is 5.47. The Kier molecular flexibility index (Phi) is 11.4. The van der Waals surface area contributed by atoms with Gasteiger partial charge in [-0.2, -0.15) is 0 Å². The highest BCUT2D eigenvalue weighted by atomic mass is 16.4. The second kappa shape index (κ2) is 10.4. The number of rotatable bonds is 3. The van der Waals surface area contributed by atoms with E-state index in [2.05, 4.69) is 37.7 Å². The highest BCUT2D eigenvalue weighted by Crippen LogP contribution is 2.46. The van der Waals surface area contributed by atoms with E-state index < -0.39 is 0 Å². The second-order valence-corrected chi connectivity index (χ2v) is 5.45. The molecule has 1 saturated carbocycles. The van der Waals surface area contributed by atoms with Crippen LogP contribution in [0.25, 0.3) is 0 Å². The summed E-state index contributed by atoms with van der Waals surface area (Å²) in [5.41, 5.74) is 0.292. The van der Waals surface area contributed by atoms with Gasteiger partial charge in [0.1, 0.15) is 0 Å². The van der Waals surface area contributed by atoms with Crippen LogP contribution < -0.4 is 5.32 Å². The summed E-state index contributed by atoms with van der Waals surface area (Å²) >= 11 is 0. The minimum Gasteiger partial charge on any atom is -0.388 e. The van der Waals surface area contributed by atoms with E-state index in [1.807, 2.05) is 13.8 Å². The molecule has 1 fully saturated rings. The van der Waals surface area contributed by atoms with E-state index in [1.165, 1.54) is 6.42 Å². The first-order valence-corrected chi connectivity index (χ1v) is 7.02. The average molecular weight is 259 g/mol. The van der Waals surface area contributed by atoms with Crippen molar-refractivity contribution in [3.05, 3.63) is 0 Å². The third kappa shape index (κ3) is 5.85. The minimum atomic E-state index is 0.292. The van der Waals surface area contributed by atoms with Crippen molar-refractivity contribution >= 4 is 6.41 Å². The number of carbonyl (C=O) groups is 1. The summed E-state index contributed by atoms with van der Waals surface area (Å²) in [5, 5.41) is 2.97. The van der Waals surface area contributed by atoms with Crippen LogP contribution in [0.4, 0.5) is 0 Å². The normalized spacial score (nSPS) is 29.8. The van der Waals surface area contributed by atoms with E-state index in [4.69, 9.17) is 0 Å². The molecule has 110 valence electrons. The molecule has 1 amide bonds. The Morgan fingerprint density at radius 3 is 2.11 bits per heavy atom. The lowest BCUT2D eigenvalue weighted by molar-refractivity contribution is -0.110. The van der Waals surface area contributed by atoms with Crippen LogP contribution in [0.1, 0.15) is 54.4 Å². The van der Waals surface area contributed by atoms with Crippen LogP contribution in [-0.4, -0.2) is 26.7 Å². The summed E-state index contributed by atoms with van der Waals surface area (Å²) in [4.78, 5) is 10.5. The maximum Gasteiger partial charge on any atom is 0.207 e. The molecule has 0 spiro atoms. The Bertz CT molecular complexity index is 207. The first-order valence-electron chi connectivity index (χ1n) is 7.02. The molecule has 0 heterocycles. The molecule has 0 aromatic heterocycles. The molecule has 1 aliphatic carbocycles. The standard InChI is InChI=1S/C11H21NO.C2H6O.C2H6/c1-8(2)11(4)6-9(3)5-10(11)12-7-13;1-3-2;1-2/h7-10H,5-6H2,1-4H3,(H,12,13);1-2H3;1-2H3. The molecule has 0 saturated heterocycles. The van der Waals surface area contributed by atoms with E-state index in [-0.39, 0.29) is 0 Å². The maximum atomic E-state index is 10.5.